The SMILES string of the molecule is CCC1=CCC(C=CC2CCC(C3CCC(OC(=O)CCC=C(F)F)CC3)CC2)CC1. The van der Waals surface area contributed by atoms with Gasteiger partial charge in [-0.15, -0.1) is 0 Å². The highest BCUT2D eigenvalue weighted by Gasteiger charge is 2.31. The van der Waals surface area contributed by atoms with E-state index in [1.54, 1.807) is 5.57 Å². The molecule has 174 valence electrons. The Morgan fingerprint density at radius 1 is 0.968 bits per heavy atom. The van der Waals surface area contributed by atoms with Crippen molar-refractivity contribution in [2.75, 3.05) is 0 Å². The Hall–Kier alpha value is -1.45. The molecule has 0 aromatic carbocycles. The van der Waals surface area contributed by atoms with Gasteiger partial charge in [0.2, 0.25) is 0 Å². The zero-order valence-corrected chi connectivity index (χ0v) is 19.2. The van der Waals surface area contributed by atoms with Crippen LogP contribution in [-0.4, -0.2) is 12.1 Å². The van der Waals surface area contributed by atoms with Crippen molar-refractivity contribution in [2.45, 2.75) is 103 Å². The summed E-state index contributed by atoms with van der Waals surface area (Å²) < 4.78 is 29.6. The molecule has 1 unspecified atom stereocenters. The predicted octanol–water partition coefficient (Wildman–Crippen LogP) is 8.15. The van der Waals surface area contributed by atoms with Crippen LogP contribution in [0.2, 0.25) is 0 Å². The van der Waals surface area contributed by atoms with E-state index < -0.39 is 6.08 Å². The minimum atomic E-state index is -1.73. The van der Waals surface area contributed by atoms with Gasteiger partial charge in [0.25, 0.3) is 6.08 Å². The second-order valence-corrected chi connectivity index (χ2v) is 9.87. The molecule has 0 aromatic rings. The van der Waals surface area contributed by atoms with E-state index in [-0.39, 0.29) is 24.9 Å². The van der Waals surface area contributed by atoms with Crippen LogP contribution in [0.25, 0.3) is 0 Å². The Kier molecular flexibility index (Phi) is 9.80. The molecule has 0 aromatic heterocycles. The standard InChI is InChI=1S/C27H40F2O2/c1-2-20-6-8-21(9-7-20)10-11-22-12-14-23(15-13-22)24-16-18-25(19-17-24)31-27(30)5-3-4-26(28)29/h4,6,10-11,21-25H,2-3,5,7-9,12-19H2,1H3. The van der Waals surface area contributed by atoms with E-state index in [9.17, 15) is 13.6 Å². The molecule has 4 heteroatoms. The first kappa shape index (κ1) is 24.2. The molecular formula is C27H40F2O2. The fourth-order valence-electron chi connectivity index (χ4n) is 5.75. The summed E-state index contributed by atoms with van der Waals surface area (Å²) in [5.41, 5.74) is 1.64. The molecule has 0 aliphatic heterocycles. The summed E-state index contributed by atoms with van der Waals surface area (Å²) in [5, 5.41) is 0. The largest absolute Gasteiger partial charge is 0.462 e. The number of esters is 1. The molecule has 3 rings (SSSR count). The minimum Gasteiger partial charge on any atom is -0.462 e. The maximum absolute atomic E-state index is 12.0. The number of allylic oxidation sites excluding steroid dienone is 5. The Bertz CT molecular complexity index is 646. The lowest BCUT2D eigenvalue weighted by atomic mass is 9.70. The van der Waals surface area contributed by atoms with Crippen LogP contribution < -0.4 is 0 Å². The van der Waals surface area contributed by atoms with Gasteiger partial charge in [-0.2, -0.15) is 8.78 Å². The normalized spacial score (nSPS) is 31.8. The van der Waals surface area contributed by atoms with Crippen LogP contribution >= 0.6 is 0 Å². The topological polar surface area (TPSA) is 26.3 Å². The number of ether oxygens (including phenoxy) is 1. The summed E-state index contributed by atoms with van der Waals surface area (Å²) in [6.07, 6.45) is 21.1. The van der Waals surface area contributed by atoms with Crippen molar-refractivity contribution in [1.82, 2.24) is 0 Å². The molecule has 31 heavy (non-hydrogen) atoms. The van der Waals surface area contributed by atoms with E-state index in [1.807, 2.05) is 0 Å². The van der Waals surface area contributed by atoms with Crippen molar-refractivity contribution >= 4 is 5.97 Å². The Labute approximate surface area is 187 Å². The lowest BCUT2D eigenvalue weighted by Crippen LogP contribution is -2.29. The molecule has 2 fully saturated rings. The third kappa shape index (κ3) is 8.20. The van der Waals surface area contributed by atoms with Crippen LogP contribution in [0.15, 0.2) is 36.0 Å². The fraction of sp³-hybridized carbons (Fsp3) is 0.741. The van der Waals surface area contributed by atoms with E-state index in [4.69, 9.17) is 4.74 Å². The van der Waals surface area contributed by atoms with E-state index in [2.05, 4.69) is 25.2 Å². The molecule has 3 aliphatic rings. The number of hydrogen-bond acceptors (Lipinski definition) is 2. The van der Waals surface area contributed by atoms with Crippen molar-refractivity contribution < 1.29 is 18.3 Å². The van der Waals surface area contributed by atoms with Crippen LogP contribution in [-0.2, 0) is 9.53 Å². The first-order chi connectivity index (χ1) is 15.0. The number of carbonyl (C=O) groups is 1. The first-order valence-electron chi connectivity index (χ1n) is 12.6. The van der Waals surface area contributed by atoms with E-state index in [0.29, 0.717) is 0 Å². The van der Waals surface area contributed by atoms with Crippen molar-refractivity contribution in [1.29, 1.82) is 0 Å². The molecule has 2 nitrogen and oxygen atoms in total. The molecule has 0 saturated heterocycles. The summed E-state index contributed by atoms with van der Waals surface area (Å²) in [4.78, 5) is 11.8. The van der Waals surface area contributed by atoms with E-state index in [1.165, 1.54) is 51.4 Å². The van der Waals surface area contributed by atoms with Crippen molar-refractivity contribution in [3.63, 3.8) is 0 Å². The van der Waals surface area contributed by atoms with Crippen LogP contribution in [0.1, 0.15) is 96.8 Å². The highest BCUT2D eigenvalue weighted by molar-refractivity contribution is 5.69. The number of carbonyl (C=O) groups excluding carboxylic acids is 1. The Morgan fingerprint density at radius 3 is 2.19 bits per heavy atom. The lowest BCUT2D eigenvalue weighted by molar-refractivity contribution is -0.151. The highest BCUT2D eigenvalue weighted by Crippen LogP contribution is 2.41. The highest BCUT2D eigenvalue weighted by atomic mass is 19.3. The van der Waals surface area contributed by atoms with E-state index in [0.717, 1.165) is 55.4 Å². The Balaban J connectivity index is 1.31. The van der Waals surface area contributed by atoms with Gasteiger partial charge in [-0.3, -0.25) is 4.79 Å². The smallest absolute Gasteiger partial charge is 0.306 e. The molecule has 0 amide bonds. The molecule has 0 radical (unpaired) electrons. The maximum atomic E-state index is 12.0. The van der Waals surface area contributed by atoms with Gasteiger partial charge >= 0.3 is 5.97 Å². The third-order valence-corrected chi connectivity index (χ3v) is 7.80. The summed E-state index contributed by atoms with van der Waals surface area (Å²) in [5.74, 6) is 2.75. The van der Waals surface area contributed by atoms with Gasteiger partial charge < -0.3 is 4.74 Å². The molecule has 0 bridgehead atoms. The predicted molar refractivity (Wildman–Crippen MR) is 122 cm³/mol. The van der Waals surface area contributed by atoms with Crippen LogP contribution in [0.5, 0.6) is 0 Å². The Morgan fingerprint density at radius 2 is 1.61 bits per heavy atom. The van der Waals surface area contributed by atoms with Gasteiger partial charge in [-0.05, 0) is 113 Å². The minimum absolute atomic E-state index is 0.0139. The molecule has 1 atom stereocenters. The third-order valence-electron chi connectivity index (χ3n) is 7.80. The van der Waals surface area contributed by atoms with Crippen molar-refractivity contribution in [3.05, 3.63) is 36.0 Å². The van der Waals surface area contributed by atoms with E-state index >= 15 is 0 Å². The molecule has 0 spiro atoms. The second kappa shape index (κ2) is 12.6. The van der Waals surface area contributed by atoms with Gasteiger partial charge in [0.05, 0.1) is 0 Å². The van der Waals surface area contributed by atoms with Crippen molar-refractivity contribution in [2.24, 2.45) is 23.7 Å². The number of hydrogen-bond donors (Lipinski definition) is 0. The molecular weight excluding hydrogens is 394 g/mol. The fourth-order valence-corrected chi connectivity index (χ4v) is 5.75. The van der Waals surface area contributed by atoms with Crippen LogP contribution in [0.4, 0.5) is 8.78 Å². The molecule has 3 aliphatic carbocycles. The second-order valence-electron chi connectivity index (χ2n) is 9.87. The number of rotatable bonds is 8. The van der Waals surface area contributed by atoms with Crippen molar-refractivity contribution in [3.8, 4) is 0 Å². The summed E-state index contributed by atoms with van der Waals surface area (Å²) in [6.45, 7) is 2.26. The van der Waals surface area contributed by atoms with Gasteiger partial charge in [0.15, 0.2) is 0 Å². The summed E-state index contributed by atoms with van der Waals surface area (Å²) in [6, 6.07) is 0. The van der Waals surface area contributed by atoms with Crippen LogP contribution in [0, 0.1) is 23.7 Å². The zero-order valence-electron chi connectivity index (χ0n) is 19.2. The zero-order chi connectivity index (χ0) is 22.1. The van der Waals surface area contributed by atoms with Gasteiger partial charge in [0.1, 0.15) is 6.10 Å². The average Bonchev–Trinajstić information content (AvgIpc) is 2.79. The maximum Gasteiger partial charge on any atom is 0.306 e. The average molecular weight is 435 g/mol. The molecule has 0 heterocycles. The van der Waals surface area contributed by atoms with Crippen LogP contribution in [0.3, 0.4) is 0 Å². The number of halogens is 2. The quantitative estimate of drug-likeness (QED) is 0.284. The van der Waals surface area contributed by atoms with Gasteiger partial charge in [0, 0.05) is 6.42 Å². The summed E-state index contributed by atoms with van der Waals surface area (Å²) >= 11 is 0. The molecule has 2 saturated carbocycles. The first-order valence-corrected chi connectivity index (χ1v) is 12.6. The van der Waals surface area contributed by atoms with Gasteiger partial charge in [-0.1, -0.05) is 30.7 Å². The molecule has 0 N–H and O–H groups in total. The lowest BCUT2D eigenvalue weighted by Gasteiger charge is -2.37. The summed E-state index contributed by atoms with van der Waals surface area (Å²) in [7, 11) is 0. The van der Waals surface area contributed by atoms with Gasteiger partial charge in [-0.25, -0.2) is 0 Å². The monoisotopic (exact) mass is 434 g/mol.